The fourth-order valence-electron chi connectivity index (χ4n) is 0.755. The zero-order chi connectivity index (χ0) is 7.78. The summed E-state index contributed by atoms with van der Waals surface area (Å²) in [5.74, 6) is 0. The van der Waals surface area contributed by atoms with Crippen LogP contribution < -0.4 is 0 Å². The topological polar surface area (TPSA) is 35.5 Å². The van der Waals surface area contributed by atoms with Crippen molar-refractivity contribution in [3.63, 3.8) is 0 Å². The van der Waals surface area contributed by atoms with E-state index in [2.05, 4.69) is 24.4 Å². The number of carbonyl (C=O) groups excluding carboxylic acids is 1. The Morgan fingerprint density at radius 1 is 1.50 bits per heavy atom. The van der Waals surface area contributed by atoms with Gasteiger partial charge in [0.15, 0.2) is 0 Å². The zero-order valence-corrected chi connectivity index (χ0v) is 7.51. The quantitative estimate of drug-likeness (QED) is 0.429. The lowest BCUT2D eigenvalue weighted by Crippen LogP contribution is -2.39. The molecular formula is C6H12O3Si. The Morgan fingerprint density at radius 3 is 2.30 bits per heavy atom. The van der Waals surface area contributed by atoms with Gasteiger partial charge in [-0.25, -0.2) is 4.79 Å². The Morgan fingerprint density at radius 2 is 2.10 bits per heavy atom. The number of rotatable bonds is 1. The van der Waals surface area contributed by atoms with Gasteiger partial charge in [-0.05, 0) is 0 Å². The van der Waals surface area contributed by atoms with Crippen LogP contribution in [0.1, 0.15) is 0 Å². The molecule has 0 aromatic carbocycles. The lowest BCUT2D eigenvalue weighted by Gasteiger charge is -2.19. The van der Waals surface area contributed by atoms with Crippen LogP contribution in [-0.2, 0) is 9.47 Å². The smallest absolute Gasteiger partial charge is 0.431 e. The summed E-state index contributed by atoms with van der Waals surface area (Å²) in [6.45, 7) is 6.91. The molecule has 0 saturated carbocycles. The molecule has 0 bridgehead atoms. The van der Waals surface area contributed by atoms with Gasteiger partial charge in [0.2, 0.25) is 0 Å². The zero-order valence-electron chi connectivity index (χ0n) is 6.51. The molecule has 1 atom stereocenters. The summed E-state index contributed by atoms with van der Waals surface area (Å²) in [6.07, 6.45) is -0.507. The number of carbonyl (C=O) groups is 1. The molecule has 1 unspecified atom stereocenters. The average Bonchev–Trinajstić information content (AvgIpc) is 2.11. The molecule has 0 aliphatic carbocycles. The molecule has 1 saturated heterocycles. The van der Waals surface area contributed by atoms with Crippen molar-refractivity contribution in [1.82, 2.24) is 0 Å². The van der Waals surface area contributed by atoms with Gasteiger partial charge in [0.1, 0.15) is 12.3 Å². The number of hydrogen-bond donors (Lipinski definition) is 0. The molecule has 10 heavy (non-hydrogen) atoms. The van der Waals surface area contributed by atoms with Crippen LogP contribution in [-0.4, -0.2) is 26.6 Å². The highest BCUT2D eigenvalue weighted by Crippen LogP contribution is 2.17. The van der Waals surface area contributed by atoms with Crippen molar-refractivity contribution in [3.8, 4) is 0 Å². The highest BCUT2D eigenvalue weighted by atomic mass is 28.3. The Bertz CT molecular complexity index is 150. The van der Waals surface area contributed by atoms with E-state index in [0.717, 1.165) is 0 Å². The Labute approximate surface area is 61.3 Å². The van der Waals surface area contributed by atoms with Gasteiger partial charge >= 0.3 is 6.16 Å². The lowest BCUT2D eigenvalue weighted by atomic mass is 10.8. The molecule has 0 spiro atoms. The van der Waals surface area contributed by atoms with Crippen LogP contribution in [0.25, 0.3) is 0 Å². The molecule has 0 amide bonds. The van der Waals surface area contributed by atoms with Crippen molar-refractivity contribution < 1.29 is 14.3 Å². The van der Waals surface area contributed by atoms with Gasteiger partial charge in [0, 0.05) is 0 Å². The van der Waals surface area contributed by atoms with Crippen LogP contribution in [0.5, 0.6) is 0 Å². The molecule has 0 aromatic heterocycles. The molecule has 1 heterocycles. The summed E-state index contributed by atoms with van der Waals surface area (Å²) >= 11 is 0. The highest BCUT2D eigenvalue weighted by Gasteiger charge is 2.36. The van der Waals surface area contributed by atoms with Crippen LogP contribution in [0, 0.1) is 0 Å². The van der Waals surface area contributed by atoms with Gasteiger partial charge < -0.3 is 9.47 Å². The van der Waals surface area contributed by atoms with E-state index >= 15 is 0 Å². The summed E-state index contributed by atoms with van der Waals surface area (Å²) in [7, 11) is -1.33. The van der Waals surface area contributed by atoms with E-state index in [9.17, 15) is 4.79 Å². The van der Waals surface area contributed by atoms with Crippen LogP contribution in [0.3, 0.4) is 0 Å². The maximum absolute atomic E-state index is 10.5. The molecule has 58 valence electrons. The van der Waals surface area contributed by atoms with Gasteiger partial charge in [0.05, 0.1) is 8.07 Å². The van der Waals surface area contributed by atoms with E-state index in [0.29, 0.717) is 6.61 Å². The predicted molar refractivity (Wildman–Crippen MR) is 39.6 cm³/mol. The summed E-state index contributed by atoms with van der Waals surface area (Å²) in [5.41, 5.74) is 0.0556. The Kier molecular flexibility index (Phi) is 1.72. The minimum Gasteiger partial charge on any atom is -0.431 e. The third kappa shape index (κ3) is 1.50. The molecule has 1 aliphatic heterocycles. The second kappa shape index (κ2) is 2.27. The first-order valence-electron chi connectivity index (χ1n) is 3.33. The van der Waals surface area contributed by atoms with E-state index in [1.807, 2.05) is 0 Å². The van der Waals surface area contributed by atoms with Gasteiger partial charge in [0.25, 0.3) is 0 Å². The minimum absolute atomic E-state index is 0.0556. The molecule has 1 rings (SSSR count). The van der Waals surface area contributed by atoms with E-state index in [-0.39, 0.29) is 5.73 Å². The summed E-state index contributed by atoms with van der Waals surface area (Å²) in [5, 5.41) is 0. The van der Waals surface area contributed by atoms with E-state index in [4.69, 9.17) is 4.74 Å². The number of cyclic esters (lactones) is 2. The van der Waals surface area contributed by atoms with E-state index in [1.54, 1.807) is 0 Å². The maximum atomic E-state index is 10.5. The average molecular weight is 160 g/mol. The van der Waals surface area contributed by atoms with Crippen LogP contribution in [0.2, 0.25) is 19.6 Å². The third-order valence-corrected chi connectivity index (χ3v) is 3.77. The largest absolute Gasteiger partial charge is 0.508 e. The van der Waals surface area contributed by atoms with Gasteiger partial charge in [-0.3, -0.25) is 0 Å². The van der Waals surface area contributed by atoms with Crippen molar-refractivity contribution in [1.29, 1.82) is 0 Å². The normalized spacial score (nSPS) is 25.9. The SMILES string of the molecule is C[Si](C)(C)C1COC(=O)O1. The van der Waals surface area contributed by atoms with Crippen LogP contribution >= 0.6 is 0 Å². The molecular weight excluding hydrogens is 148 g/mol. The fraction of sp³-hybridized carbons (Fsp3) is 0.833. The molecule has 0 aromatic rings. The van der Waals surface area contributed by atoms with Crippen molar-refractivity contribution in [2.45, 2.75) is 25.4 Å². The molecule has 0 radical (unpaired) electrons. The van der Waals surface area contributed by atoms with Gasteiger partial charge in [-0.1, -0.05) is 19.6 Å². The number of ether oxygens (including phenoxy) is 2. The monoisotopic (exact) mass is 160 g/mol. The van der Waals surface area contributed by atoms with Crippen LogP contribution in [0.4, 0.5) is 4.79 Å². The first kappa shape index (κ1) is 7.59. The predicted octanol–water partition coefficient (Wildman–Crippen LogP) is 1.40. The summed E-state index contributed by atoms with van der Waals surface area (Å²) in [4.78, 5) is 10.5. The van der Waals surface area contributed by atoms with Crippen LogP contribution in [0.15, 0.2) is 0 Å². The van der Waals surface area contributed by atoms with Crippen molar-refractivity contribution in [3.05, 3.63) is 0 Å². The van der Waals surface area contributed by atoms with E-state index in [1.165, 1.54) is 0 Å². The second-order valence-corrected chi connectivity index (χ2v) is 8.91. The van der Waals surface area contributed by atoms with Crippen molar-refractivity contribution >= 4 is 14.2 Å². The lowest BCUT2D eigenvalue weighted by molar-refractivity contribution is 0.127. The Balaban J connectivity index is 2.53. The molecule has 3 nitrogen and oxygen atoms in total. The molecule has 4 heteroatoms. The summed E-state index contributed by atoms with van der Waals surface area (Å²) < 4.78 is 9.59. The first-order valence-corrected chi connectivity index (χ1v) is 6.91. The minimum atomic E-state index is -1.33. The van der Waals surface area contributed by atoms with E-state index < -0.39 is 14.2 Å². The standard InChI is InChI=1S/C6H12O3Si/c1-10(2,3)5-4-8-6(7)9-5/h5H,4H2,1-3H3. The summed E-state index contributed by atoms with van der Waals surface area (Å²) in [6, 6.07) is 0. The third-order valence-electron chi connectivity index (χ3n) is 1.56. The fourth-order valence-corrected chi connectivity index (χ4v) is 1.79. The molecule has 1 fully saturated rings. The first-order chi connectivity index (χ1) is 4.50. The van der Waals surface area contributed by atoms with Crippen molar-refractivity contribution in [2.24, 2.45) is 0 Å². The maximum Gasteiger partial charge on any atom is 0.508 e. The Hall–Kier alpha value is -0.513. The van der Waals surface area contributed by atoms with Gasteiger partial charge in [-0.2, -0.15) is 0 Å². The molecule has 0 N–H and O–H groups in total. The number of hydrogen-bond acceptors (Lipinski definition) is 3. The highest BCUT2D eigenvalue weighted by molar-refractivity contribution is 6.77. The molecule has 1 aliphatic rings. The second-order valence-electron chi connectivity index (χ2n) is 3.53. The van der Waals surface area contributed by atoms with Gasteiger partial charge in [-0.15, -0.1) is 0 Å². The van der Waals surface area contributed by atoms with Crippen molar-refractivity contribution in [2.75, 3.05) is 6.61 Å².